The molecule has 0 fully saturated rings. The van der Waals surface area contributed by atoms with Crippen molar-refractivity contribution in [2.75, 3.05) is 11.9 Å². The molecule has 0 spiro atoms. The highest BCUT2D eigenvalue weighted by molar-refractivity contribution is 5.88. The van der Waals surface area contributed by atoms with E-state index in [9.17, 15) is 9.18 Å². The molecule has 1 aromatic carbocycles. The van der Waals surface area contributed by atoms with Gasteiger partial charge in [0, 0.05) is 24.8 Å². The fourth-order valence-electron chi connectivity index (χ4n) is 3.24. The number of amides is 2. The Balaban J connectivity index is 1.55. The number of aromatic nitrogens is 4. The lowest BCUT2D eigenvalue weighted by Crippen LogP contribution is -2.31. The molecule has 28 heavy (non-hydrogen) atoms. The van der Waals surface area contributed by atoms with E-state index in [4.69, 9.17) is 0 Å². The lowest BCUT2D eigenvalue weighted by atomic mass is 10.1. The van der Waals surface area contributed by atoms with Gasteiger partial charge in [-0.15, -0.1) is 0 Å². The number of rotatable bonds is 7. The van der Waals surface area contributed by atoms with Gasteiger partial charge in [-0.25, -0.2) is 13.9 Å². The smallest absolute Gasteiger partial charge is 0.320 e. The molecule has 0 bridgehead atoms. The van der Waals surface area contributed by atoms with Crippen molar-refractivity contribution in [2.45, 2.75) is 40.3 Å². The van der Waals surface area contributed by atoms with Crippen LogP contribution in [-0.4, -0.2) is 32.1 Å². The summed E-state index contributed by atoms with van der Waals surface area (Å²) in [6, 6.07) is 7.71. The Bertz CT molecular complexity index is 962. The van der Waals surface area contributed by atoms with Crippen molar-refractivity contribution in [3.8, 4) is 0 Å². The van der Waals surface area contributed by atoms with Crippen LogP contribution >= 0.6 is 0 Å². The third-order valence-corrected chi connectivity index (χ3v) is 4.67. The maximum atomic E-state index is 13.4. The molecule has 148 valence electrons. The Morgan fingerprint density at radius 1 is 1.21 bits per heavy atom. The molecule has 2 N–H and O–H groups in total. The van der Waals surface area contributed by atoms with Crippen LogP contribution in [0, 0.1) is 19.7 Å². The van der Waals surface area contributed by atoms with Crippen LogP contribution in [0.1, 0.15) is 29.4 Å². The van der Waals surface area contributed by atoms with Crippen molar-refractivity contribution in [1.29, 1.82) is 0 Å². The normalized spacial score (nSPS) is 10.9. The van der Waals surface area contributed by atoms with Crippen molar-refractivity contribution in [3.63, 3.8) is 0 Å². The van der Waals surface area contributed by atoms with Crippen LogP contribution in [0.3, 0.4) is 0 Å². The third kappa shape index (κ3) is 4.57. The first-order valence-corrected chi connectivity index (χ1v) is 9.32. The molecule has 0 radical (unpaired) electrons. The van der Waals surface area contributed by atoms with Crippen LogP contribution in [0.5, 0.6) is 0 Å². The van der Waals surface area contributed by atoms with E-state index in [1.54, 1.807) is 23.0 Å². The van der Waals surface area contributed by atoms with Gasteiger partial charge in [0.1, 0.15) is 11.6 Å². The molecule has 0 saturated heterocycles. The van der Waals surface area contributed by atoms with Gasteiger partial charge >= 0.3 is 6.03 Å². The van der Waals surface area contributed by atoms with E-state index < -0.39 is 0 Å². The Morgan fingerprint density at radius 2 is 2.04 bits per heavy atom. The lowest BCUT2D eigenvalue weighted by molar-refractivity contribution is 0.252. The van der Waals surface area contributed by atoms with Gasteiger partial charge in [-0.05, 0) is 50.5 Å². The van der Waals surface area contributed by atoms with E-state index in [0.717, 1.165) is 23.5 Å². The summed E-state index contributed by atoms with van der Waals surface area (Å²) in [5.41, 5.74) is 4.06. The van der Waals surface area contributed by atoms with Crippen LogP contribution in [0.15, 0.2) is 36.5 Å². The summed E-state index contributed by atoms with van der Waals surface area (Å²) >= 11 is 0. The molecule has 7 nitrogen and oxygen atoms in total. The van der Waals surface area contributed by atoms with Crippen LogP contribution in [0.4, 0.5) is 15.0 Å². The van der Waals surface area contributed by atoms with E-state index in [-0.39, 0.29) is 11.8 Å². The van der Waals surface area contributed by atoms with E-state index in [0.29, 0.717) is 25.3 Å². The minimum atomic E-state index is -0.306. The molecule has 2 amide bonds. The zero-order valence-corrected chi connectivity index (χ0v) is 16.4. The molecule has 0 saturated carbocycles. The fraction of sp³-hybridized carbons (Fsp3) is 0.350. The summed E-state index contributed by atoms with van der Waals surface area (Å²) in [5, 5.41) is 14.3. The van der Waals surface area contributed by atoms with E-state index in [2.05, 4.69) is 27.8 Å². The number of benzene rings is 1. The van der Waals surface area contributed by atoms with Gasteiger partial charge in [-0.1, -0.05) is 12.1 Å². The predicted molar refractivity (Wildman–Crippen MR) is 106 cm³/mol. The highest BCUT2D eigenvalue weighted by atomic mass is 19.1. The van der Waals surface area contributed by atoms with E-state index in [1.165, 1.54) is 17.7 Å². The van der Waals surface area contributed by atoms with E-state index in [1.807, 2.05) is 24.6 Å². The van der Waals surface area contributed by atoms with Crippen molar-refractivity contribution < 1.29 is 9.18 Å². The SMILES string of the molecule is CCn1nc(C)c(CCNC(=O)Nc2ccnn2Cc2cccc(F)c2)c1C. The summed E-state index contributed by atoms with van der Waals surface area (Å²) in [7, 11) is 0. The average molecular weight is 384 g/mol. The number of aryl methyl sites for hydroxylation is 2. The second kappa shape index (κ2) is 8.69. The molecule has 0 aliphatic heterocycles. The topological polar surface area (TPSA) is 76.8 Å². The van der Waals surface area contributed by atoms with E-state index >= 15 is 0 Å². The maximum Gasteiger partial charge on any atom is 0.320 e. The maximum absolute atomic E-state index is 13.4. The molecule has 0 aliphatic rings. The molecule has 0 atom stereocenters. The zero-order valence-electron chi connectivity index (χ0n) is 16.4. The Kier molecular flexibility index (Phi) is 6.08. The molecule has 2 heterocycles. The largest absolute Gasteiger partial charge is 0.337 e. The molecule has 2 aromatic heterocycles. The molecule has 0 unspecified atom stereocenters. The van der Waals surface area contributed by atoms with Gasteiger partial charge in [0.2, 0.25) is 0 Å². The Labute approximate surface area is 163 Å². The average Bonchev–Trinajstić information content (AvgIpc) is 3.20. The molecule has 3 rings (SSSR count). The van der Waals surface area contributed by atoms with Gasteiger partial charge in [0.25, 0.3) is 0 Å². The summed E-state index contributed by atoms with van der Waals surface area (Å²) in [6.07, 6.45) is 2.31. The van der Waals surface area contributed by atoms with Crippen LogP contribution in [-0.2, 0) is 19.5 Å². The highest BCUT2D eigenvalue weighted by Crippen LogP contribution is 2.14. The summed E-state index contributed by atoms with van der Waals surface area (Å²) < 4.78 is 16.9. The molecule has 3 aromatic rings. The molecular formula is C20H25FN6O. The number of hydrogen-bond donors (Lipinski definition) is 2. The molecule has 0 aliphatic carbocycles. The van der Waals surface area contributed by atoms with Gasteiger partial charge in [0.05, 0.1) is 18.4 Å². The number of hydrogen-bond acceptors (Lipinski definition) is 3. The van der Waals surface area contributed by atoms with Crippen LogP contribution in [0.25, 0.3) is 0 Å². The van der Waals surface area contributed by atoms with Crippen molar-refractivity contribution in [2.24, 2.45) is 0 Å². The first kappa shape index (κ1) is 19.6. The molecule has 8 heteroatoms. The van der Waals surface area contributed by atoms with Crippen LogP contribution in [0.2, 0.25) is 0 Å². The number of carbonyl (C=O) groups excluding carboxylic acids is 1. The highest BCUT2D eigenvalue weighted by Gasteiger charge is 2.12. The van der Waals surface area contributed by atoms with Crippen molar-refractivity contribution >= 4 is 11.8 Å². The predicted octanol–water partition coefficient (Wildman–Crippen LogP) is 3.27. The van der Waals surface area contributed by atoms with Crippen LogP contribution < -0.4 is 10.6 Å². The minimum absolute atomic E-state index is 0.297. The van der Waals surface area contributed by atoms with Gasteiger partial charge in [0.15, 0.2) is 0 Å². The number of urea groups is 1. The lowest BCUT2D eigenvalue weighted by Gasteiger charge is -2.10. The number of carbonyl (C=O) groups is 1. The third-order valence-electron chi connectivity index (χ3n) is 4.67. The second-order valence-corrected chi connectivity index (χ2v) is 6.60. The van der Waals surface area contributed by atoms with Crippen molar-refractivity contribution in [1.82, 2.24) is 24.9 Å². The first-order valence-electron chi connectivity index (χ1n) is 9.32. The summed E-state index contributed by atoms with van der Waals surface area (Å²) in [6.45, 7) is 7.79. The Morgan fingerprint density at radius 3 is 2.75 bits per heavy atom. The number of anilines is 1. The quantitative estimate of drug-likeness (QED) is 0.656. The Hall–Kier alpha value is -3.16. The second-order valence-electron chi connectivity index (χ2n) is 6.60. The first-order chi connectivity index (χ1) is 13.5. The monoisotopic (exact) mass is 384 g/mol. The number of nitrogens with one attached hydrogen (secondary N) is 2. The number of nitrogens with zero attached hydrogens (tertiary/aromatic N) is 4. The zero-order chi connectivity index (χ0) is 20.1. The summed E-state index contributed by atoms with van der Waals surface area (Å²) in [5.74, 6) is 0.252. The standard InChI is InChI=1S/C20H25FN6O/c1-4-26-15(3)18(14(2)25-26)8-10-22-20(28)24-19-9-11-23-27(19)13-16-6-5-7-17(21)12-16/h5-7,9,11-12H,4,8,10,13H2,1-3H3,(H2,22,24,28). The summed E-state index contributed by atoms with van der Waals surface area (Å²) in [4.78, 5) is 12.2. The minimum Gasteiger partial charge on any atom is -0.337 e. The number of halogens is 1. The van der Waals surface area contributed by atoms with Crippen molar-refractivity contribution in [3.05, 3.63) is 64.9 Å². The van der Waals surface area contributed by atoms with Gasteiger partial charge < -0.3 is 5.32 Å². The van der Waals surface area contributed by atoms with Gasteiger partial charge in [-0.3, -0.25) is 10.00 Å². The van der Waals surface area contributed by atoms with Gasteiger partial charge in [-0.2, -0.15) is 10.2 Å². The molecular weight excluding hydrogens is 359 g/mol. The fourth-order valence-corrected chi connectivity index (χ4v) is 3.24.